The summed E-state index contributed by atoms with van der Waals surface area (Å²) >= 11 is 1.75. The van der Waals surface area contributed by atoms with Crippen LogP contribution in [0.1, 0.15) is 43.7 Å². The second-order valence-corrected chi connectivity index (χ2v) is 9.84. The quantitative estimate of drug-likeness (QED) is 0.736. The van der Waals surface area contributed by atoms with Crippen LogP contribution >= 0.6 is 11.3 Å². The summed E-state index contributed by atoms with van der Waals surface area (Å²) < 4.78 is 7.82. The van der Waals surface area contributed by atoms with Crippen LogP contribution in [0.4, 0.5) is 0 Å². The van der Waals surface area contributed by atoms with E-state index in [-0.39, 0.29) is 16.7 Å². The van der Waals surface area contributed by atoms with Gasteiger partial charge in [0.05, 0.1) is 13.2 Å². The van der Waals surface area contributed by atoms with Gasteiger partial charge in [0, 0.05) is 48.7 Å². The van der Waals surface area contributed by atoms with Gasteiger partial charge in [0.15, 0.2) is 5.78 Å². The van der Waals surface area contributed by atoms with Crippen LogP contribution in [0.3, 0.4) is 0 Å². The molecule has 4 nitrogen and oxygen atoms in total. The molecule has 0 N–H and O–H groups in total. The molecule has 2 aromatic heterocycles. The van der Waals surface area contributed by atoms with Crippen LogP contribution in [0.5, 0.6) is 0 Å². The number of hydrogen-bond acceptors (Lipinski definition) is 4. The van der Waals surface area contributed by atoms with Gasteiger partial charge in [-0.3, -0.25) is 9.69 Å². The van der Waals surface area contributed by atoms with Crippen molar-refractivity contribution in [3.05, 3.63) is 22.7 Å². The zero-order valence-electron chi connectivity index (χ0n) is 16.6. The molecule has 0 radical (unpaired) electrons. The molecule has 0 atom stereocenters. The van der Waals surface area contributed by atoms with E-state index in [1.165, 1.54) is 4.83 Å². The average Bonchev–Trinajstić information content (AvgIpc) is 2.95. The molecule has 0 aromatic carbocycles. The van der Waals surface area contributed by atoms with E-state index in [4.69, 9.17) is 4.74 Å². The highest BCUT2D eigenvalue weighted by molar-refractivity contribution is 7.16. The highest BCUT2D eigenvalue weighted by Crippen LogP contribution is 2.69. The number of hydrogen-bond donors (Lipinski definition) is 0. The second-order valence-electron chi connectivity index (χ2n) is 8.95. The molecule has 2 aliphatic rings. The topological polar surface area (TPSA) is 34.5 Å². The molecule has 4 rings (SSSR count). The molecule has 3 heterocycles. The summed E-state index contributed by atoms with van der Waals surface area (Å²) in [6.45, 7) is 16.7. The predicted molar refractivity (Wildman–Crippen MR) is 107 cm³/mol. The highest BCUT2D eigenvalue weighted by Gasteiger charge is 2.68. The summed E-state index contributed by atoms with van der Waals surface area (Å²) in [7, 11) is 0. The summed E-state index contributed by atoms with van der Waals surface area (Å²) in [5.41, 5.74) is 2.26. The number of morpholine rings is 1. The fraction of sp³-hybridized carbons (Fsp3) is 0.667. The number of ketones is 1. The molecule has 1 saturated carbocycles. The first kappa shape index (κ1) is 18.2. The molecule has 0 unspecified atom stereocenters. The van der Waals surface area contributed by atoms with Crippen LogP contribution in [-0.2, 0) is 11.3 Å². The number of carbonyl (C=O) groups is 1. The standard InChI is InChI=1S/C21H30N2O2S/c1-14-16(17(24)18-20(2,3)21(18,4)5)15-6-13-26-19(15)23(14)8-7-22-9-11-25-12-10-22/h6,13,18H,7-12H2,1-5H3. The Kier molecular flexibility index (Phi) is 4.33. The lowest BCUT2D eigenvalue weighted by atomic mass is 10.00. The van der Waals surface area contributed by atoms with E-state index in [0.29, 0.717) is 5.78 Å². The summed E-state index contributed by atoms with van der Waals surface area (Å²) in [4.78, 5) is 17.2. The lowest BCUT2D eigenvalue weighted by molar-refractivity contribution is 0.0365. The molecule has 1 aliphatic heterocycles. The SMILES string of the molecule is Cc1c(C(=O)C2C(C)(C)C2(C)C)c2ccsc2n1CCN1CCOCC1. The third kappa shape index (κ3) is 2.59. The molecular formula is C21H30N2O2S. The zero-order chi connectivity index (χ0) is 18.7. The molecular weight excluding hydrogens is 344 g/mol. The maximum atomic E-state index is 13.5. The van der Waals surface area contributed by atoms with Gasteiger partial charge in [0.2, 0.25) is 0 Å². The van der Waals surface area contributed by atoms with Crippen molar-refractivity contribution < 1.29 is 9.53 Å². The van der Waals surface area contributed by atoms with Crippen LogP contribution in [-0.4, -0.2) is 48.1 Å². The lowest BCUT2D eigenvalue weighted by Crippen LogP contribution is -2.38. The van der Waals surface area contributed by atoms with Crippen molar-refractivity contribution in [3.63, 3.8) is 0 Å². The molecule has 26 heavy (non-hydrogen) atoms. The van der Waals surface area contributed by atoms with E-state index in [2.05, 4.69) is 55.5 Å². The number of nitrogens with zero attached hydrogens (tertiary/aromatic N) is 2. The second kappa shape index (κ2) is 6.18. The minimum atomic E-state index is 0.0781. The van der Waals surface area contributed by atoms with Gasteiger partial charge in [0.25, 0.3) is 0 Å². The number of Topliss-reactive ketones (excluding diaryl/α,β-unsaturated/α-hetero) is 1. The van der Waals surface area contributed by atoms with Crippen molar-refractivity contribution in [1.82, 2.24) is 9.47 Å². The number of thiophene rings is 1. The van der Waals surface area contributed by atoms with E-state index in [0.717, 1.165) is 56.0 Å². The van der Waals surface area contributed by atoms with Gasteiger partial charge in [0.1, 0.15) is 4.83 Å². The van der Waals surface area contributed by atoms with E-state index < -0.39 is 0 Å². The minimum Gasteiger partial charge on any atom is -0.379 e. The lowest BCUT2D eigenvalue weighted by Gasteiger charge is -2.26. The van der Waals surface area contributed by atoms with Crippen LogP contribution in [0.25, 0.3) is 10.2 Å². The first-order chi connectivity index (χ1) is 12.3. The van der Waals surface area contributed by atoms with E-state index in [1.807, 2.05) is 0 Å². The molecule has 0 spiro atoms. The van der Waals surface area contributed by atoms with Crippen molar-refractivity contribution in [1.29, 1.82) is 0 Å². The van der Waals surface area contributed by atoms with Crippen molar-refractivity contribution >= 4 is 27.3 Å². The Morgan fingerprint density at radius 2 is 1.85 bits per heavy atom. The van der Waals surface area contributed by atoms with Crippen LogP contribution in [0.15, 0.2) is 11.4 Å². The fourth-order valence-electron chi connectivity index (χ4n) is 4.83. The van der Waals surface area contributed by atoms with Crippen molar-refractivity contribution in [2.24, 2.45) is 16.7 Å². The molecule has 1 saturated heterocycles. The van der Waals surface area contributed by atoms with Gasteiger partial charge in [-0.25, -0.2) is 0 Å². The van der Waals surface area contributed by atoms with Gasteiger partial charge >= 0.3 is 0 Å². The molecule has 0 bridgehead atoms. The molecule has 2 fully saturated rings. The average molecular weight is 375 g/mol. The third-order valence-electron chi connectivity index (χ3n) is 7.20. The van der Waals surface area contributed by atoms with Crippen LogP contribution < -0.4 is 0 Å². The molecule has 0 amide bonds. The first-order valence-electron chi connectivity index (χ1n) is 9.67. The molecule has 2 aromatic rings. The Bertz CT molecular complexity index is 826. The number of rotatable bonds is 5. The summed E-state index contributed by atoms with van der Waals surface area (Å²) in [6.07, 6.45) is 0. The van der Waals surface area contributed by atoms with E-state index in [9.17, 15) is 4.79 Å². The van der Waals surface area contributed by atoms with Gasteiger partial charge in [-0.1, -0.05) is 27.7 Å². The van der Waals surface area contributed by atoms with Crippen molar-refractivity contribution in [2.75, 3.05) is 32.8 Å². The summed E-state index contributed by atoms with van der Waals surface area (Å²) in [5, 5.41) is 3.27. The Hall–Kier alpha value is -1.17. The molecule has 5 heteroatoms. The zero-order valence-corrected chi connectivity index (χ0v) is 17.4. The smallest absolute Gasteiger partial charge is 0.169 e. The largest absolute Gasteiger partial charge is 0.379 e. The monoisotopic (exact) mass is 374 g/mol. The predicted octanol–water partition coefficient (Wildman–Crippen LogP) is 4.21. The van der Waals surface area contributed by atoms with E-state index >= 15 is 0 Å². The summed E-state index contributed by atoms with van der Waals surface area (Å²) in [5.74, 6) is 0.456. The van der Waals surface area contributed by atoms with E-state index in [1.54, 1.807) is 11.3 Å². The Balaban J connectivity index is 1.63. The first-order valence-corrected chi connectivity index (χ1v) is 10.6. The van der Waals surface area contributed by atoms with Gasteiger partial charge in [-0.05, 0) is 29.2 Å². The van der Waals surface area contributed by atoms with Gasteiger partial charge in [-0.15, -0.1) is 11.3 Å². The fourth-order valence-corrected chi connectivity index (χ4v) is 5.81. The number of aromatic nitrogens is 1. The van der Waals surface area contributed by atoms with Crippen molar-refractivity contribution in [3.8, 4) is 0 Å². The highest BCUT2D eigenvalue weighted by atomic mass is 32.1. The Labute approximate surface area is 160 Å². The van der Waals surface area contributed by atoms with Gasteiger partial charge in [-0.2, -0.15) is 0 Å². The molecule has 142 valence electrons. The maximum Gasteiger partial charge on any atom is 0.169 e. The molecule has 1 aliphatic carbocycles. The summed E-state index contributed by atoms with van der Waals surface area (Å²) in [6, 6.07) is 2.13. The normalized spacial score (nSPS) is 22.8. The number of ether oxygens (including phenoxy) is 1. The van der Waals surface area contributed by atoms with Crippen LogP contribution in [0, 0.1) is 23.7 Å². The third-order valence-corrected chi connectivity index (χ3v) is 8.13. The number of fused-ring (bicyclic) bond motifs is 1. The van der Waals surface area contributed by atoms with Crippen LogP contribution in [0.2, 0.25) is 0 Å². The Morgan fingerprint density at radius 3 is 2.46 bits per heavy atom. The maximum absolute atomic E-state index is 13.5. The Morgan fingerprint density at radius 1 is 1.19 bits per heavy atom. The van der Waals surface area contributed by atoms with Crippen molar-refractivity contribution in [2.45, 2.75) is 41.2 Å². The minimum absolute atomic E-state index is 0.0781. The van der Waals surface area contributed by atoms with Gasteiger partial charge < -0.3 is 9.30 Å². The number of carbonyl (C=O) groups excluding carboxylic acids is 1.